The fraction of sp³-hybridized carbons (Fsp3) is 0.588. The summed E-state index contributed by atoms with van der Waals surface area (Å²) < 4.78 is 5.63. The summed E-state index contributed by atoms with van der Waals surface area (Å²) >= 11 is 6.19. The third-order valence-corrected chi connectivity index (χ3v) is 5.04. The van der Waals surface area contributed by atoms with Crippen molar-refractivity contribution in [3.05, 3.63) is 22.2 Å². The zero-order chi connectivity index (χ0) is 16.4. The second-order valence-electron chi connectivity index (χ2n) is 6.22. The fourth-order valence-electron chi connectivity index (χ4n) is 3.45. The van der Waals surface area contributed by atoms with Crippen molar-refractivity contribution < 1.29 is 15.0 Å². The third-order valence-electron chi connectivity index (χ3n) is 4.73. The number of hydrogen-bond acceptors (Lipinski definition) is 4. The van der Waals surface area contributed by atoms with Crippen molar-refractivity contribution in [3.63, 3.8) is 0 Å². The number of nitrogens with one attached hydrogen (secondary N) is 1. The molecule has 0 aliphatic carbocycles. The van der Waals surface area contributed by atoms with Gasteiger partial charge in [-0.2, -0.15) is 0 Å². The van der Waals surface area contributed by atoms with Crippen LogP contribution in [0.15, 0.2) is 6.07 Å². The maximum Gasteiger partial charge on any atom is 0.256 e. The Morgan fingerprint density at radius 1 is 1.40 bits per heavy atom. The SMILES string of the molecule is CCC(NC(=O)c1cc(Cl)c(N)c2c1OCC2)N1CCCCC1.Cl.O. The highest BCUT2D eigenvalue weighted by molar-refractivity contribution is 6.33. The molecule has 1 amide bonds. The molecule has 0 aromatic heterocycles. The molecule has 0 saturated carbocycles. The Balaban J connectivity index is 0.00000156. The smallest absolute Gasteiger partial charge is 0.256 e. The summed E-state index contributed by atoms with van der Waals surface area (Å²) in [6.07, 6.45) is 5.28. The van der Waals surface area contributed by atoms with Gasteiger partial charge in [-0.15, -0.1) is 12.4 Å². The molecular weight excluding hydrogens is 365 g/mol. The number of halogens is 2. The van der Waals surface area contributed by atoms with Crippen molar-refractivity contribution in [2.24, 2.45) is 0 Å². The van der Waals surface area contributed by atoms with Gasteiger partial charge in [0.15, 0.2) is 0 Å². The summed E-state index contributed by atoms with van der Waals surface area (Å²) in [6, 6.07) is 1.62. The summed E-state index contributed by atoms with van der Waals surface area (Å²) in [4.78, 5) is 15.1. The Hall–Kier alpha value is -1.21. The number of ether oxygens (including phenoxy) is 1. The van der Waals surface area contributed by atoms with Gasteiger partial charge in [-0.05, 0) is 25.3 Å². The van der Waals surface area contributed by atoms with Gasteiger partial charge in [0.05, 0.1) is 29.0 Å². The van der Waals surface area contributed by atoms with Gasteiger partial charge in [0, 0.05) is 25.1 Å². The second-order valence-corrected chi connectivity index (χ2v) is 6.63. The van der Waals surface area contributed by atoms with E-state index in [0.717, 1.165) is 25.1 Å². The lowest BCUT2D eigenvalue weighted by Crippen LogP contribution is -2.49. The van der Waals surface area contributed by atoms with E-state index in [1.165, 1.54) is 19.3 Å². The molecular formula is C17H27Cl2N3O3. The molecule has 1 unspecified atom stereocenters. The van der Waals surface area contributed by atoms with Gasteiger partial charge in [0.25, 0.3) is 5.91 Å². The molecule has 1 fully saturated rings. The van der Waals surface area contributed by atoms with Crippen molar-refractivity contribution in [1.29, 1.82) is 0 Å². The topological polar surface area (TPSA) is 99.1 Å². The number of carbonyl (C=O) groups excluding carboxylic acids is 1. The Labute approximate surface area is 159 Å². The molecule has 0 spiro atoms. The van der Waals surface area contributed by atoms with Crippen LogP contribution in [0.5, 0.6) is 5.75 Å². The van der Waals surface area contributed by atoms with Crippen LogP contribution >= 0.6 is 24.0 Å². The number of nitrogens with zero attached hydrogens (tertiary/aromatic N) is 1. The zero-order valence-electron chi connectivity index (χ0n) is 14.4. The summed E-state index contributed by atoms with van der Waals surface area (Å²) in [6.45, 7) is 4.71. The van der Waals surface area contributed by atoms with E-state index in [1.807, 2.05) is 0 Å². The van der Waals surface area contributed by atoms with Crippen molar-refractivity contribution in [3.8, 4) is 5.75 Å². The number of anilines is 1. The van der Waals surface area contributed by atoms with Gasteiger partial charge in [0.2, 0.25) is 0 Å². The molecule has 8 heteroatoms. The third kappa shape index (κ3) is 4.50. The van der Waals surface area contributed by atoms with E-state index in [2.05, 4.69) is 17.1 Å². The lowest BCUT2D eigenvalue weighted by atomic mass is 10.0. The van der Waals surface area contributed by atoms with Crippen LogP contribution in [0.4, 0.5) is 5.69 Å². The molecule has 1 aromatic carbocycles. The maximum atomic E-state index is 12.8. The molecule has 6 nitrogen and oxygen atoms in total. The minimum absolute atomic E-state index is 0. The van der Waals surface area contributed by atoms with Crippen LogP contribution in [0.3, 0.4) is 0 Å². The molecule has 2 aliphatic heterocycles. The van der Waals surface area contributed by atoms with Crippen LogP contribution < -0.4 is 15.8 Å². The van der Waals surface area contributed by atoms with E-state index in [1.54, 1.807) is 6.07 Å². The monoisotopic (exact) mass is 391 g/mol. The van der Waals surface area contributed by atoms with Crippen LogP contribution in [0, 0.1) is 0 Å². The normalized spacial score (nSPS) is 17.5. The van der Waals surface area contributed by atoms with E-state index in [9.17, 15) is 4.79 Å². The van der Waals surface area contributed by atoms with Gasteiger partial charge in [-0.25, -0.2) is 0 Å². The molecule has 0 radical (unpaired) electrons. The predicted octanol–water partition coefficient (Wildman–Crippen LogP) is 2.41. The number of nitrogen functional groups attached to an aromatic ring is 1. The fourth-order valence-corrected chi connectivity index (χ4v) is 3.67. The van der Waals surface area contributed by atoms with Crippen molar-refractivity contribution in [2.75, 3.05) is 25.4 Å². The number of hydrogen-bond donors (Lipinski definition) is 2. The second kappa shape index (κ2) is 9.48. The average Bonchev–Trinajstić information content (AvgIpc) is 3.06. The molecule has 5 N–H and O–H groups in total. The van der Waals surface area contributed by atoms with Crippen LogP contribution in [0.1, 0.15) is 48.5 Å². The largest absolute Gasteiger partial charge is 0.492 e. The molecule has 3 rings (SSSR count). The number of carbonyl (C=O) groups is 1. The number of nitrogens with two attached hydrogens (primary N) is 1. The lowest BCUT2D eigenvalue weighted by molar-refractivity contribution is 0.0805. The molecule has 25 heavy (non-hydrogen) atoms. The number of rotatable bonds is 4. The lowest BCUT2D eigenvalue weighted by Gasteiger charge is -2.34. The van der Waals surface area contributed by atoms with Crippen LogP contribution in [-0.2, 0) is 6.42 Å². The van der Waals surface area contributed by atoms with Crippen LogP contribution in [-0.4, -0.2) is 42.1 Å². The van der Waals surface area contributed by atoms with Gasteiger partial charge in [-0.1, -0.05) is 24.9 Å². The first-order valence-electron chi connectivity index (χ1n) is 8.40. The number of benzene rings is 1. The standard InChI is InChI=1S/C17H24ClN3O2.ClH.H2O/c1-2-14(21-7-4-3-5-8-21)20-17(22)12-10-13(18)15(19)11-6-9-23-16(11)12;;/h10,14H,2-9,19H2,1H3,(H,20,22);1H;1H2. The number of likely N-dealkylation sites (tertiary alicyclic amines) is 1. The Morgan fingerprint density at radius 3 is 2.72 bits per heavy atom. The molecule has 0 bridgehead atoms. The van der Waals surface area contributed by atoms with E-state index in [-0.39, 0.29) is 30.0 Å². The quantitative estimate of drug-likeness (QED) is 0.769. The van der Waals surface area contributed by atoms with E-state index in [4.69, 9.17) is 22.1 Å². The van der Waals surface area contributed by atoms with Gasteiger partial charge < -0.3 is 21.3 Å². The summed E-state index contributed by atoms with van der Waals surface area (Å²) in [7, 11) is 0. The van der Waals surface area contributed by atoms with E-state index < -0.39 is 0 Å². The Morgan fingerprint density at radius 2 is 2.08 bits per heavy atom. The number of amides is 1. The summed E-state index contributed by atoms with van der Waals surface area (Å²) in [5.41, 5.74) is 7.87. The van der Waals surface area contributed by atoms with Gasteiger partial charge in [0.1, 0.15) is 5.75 Å². The van der Waals surface area contributed by atoms with E-state index in [0.29, 0.717) is 35.1 Å². The molecule has 142 valence electrons. The maximum absolute atomic E-state index is 12.8. The van der Waals surface area contributed by atoms with E-state index >= 15 is 0 Å². The summed E-state index contributed by atoms with van der Waals surface area (Å²) in [5, 5.41) is 3.56. The van der Waals surface area contributed by atoms with Crippen LogP contribution in [0.2, 0.25) is 5.02 Å². The molecule has 1 saturated heterocycles. The van der Waals surface area contributed by atoms with Crippen molar-refractivity contribution >= 4 is 35.6 Å². The van der Waals surface area contributed by atoms with Crippen molar-refractivity contribution in [2.45, 2.75) is 45.2 Å². The first-order valence-corrected chi connectivity index (χ1v) is 8.78. The minimum Gasteiger partial charge on any atom is -0.492 e. The summed E-state index contributed by atoms with van der Waals surface area (Å²) in [5.74, 6) is 0.459. The molecule has 2 heterocycles. The molecule has 1 atom stereocenters. The highest BCUT2D eigenvalue weighted by atomic mass is 35.5. The minimum atomic E-state index is -0.137. The number of piperidine rings is 1. The number of fused-ring (bicyclic) bond motifs is 1. The first-order chi connectivity index (χ1) is 11.1. The average molecular weight is 392 g/mol. The molecule has 1 aromatic rings. The molecule has 2 aliphatic rings. The van der Waals surface area contributed by atoms with Crippen LogP contribution in [0.25, 0.3) is 0 Å². The Kier molecular flexibility index (Phi) is 8.28. The van der Waals surface area contributed by atoms with Gasteiger partial charge >= 0.3 is 0 Å². The Bertz CT molecular complexity index is 607. The highest BCUT2D eigenvalue weighted by Gasteiger charge is 2.27. The van der Waals surface area contributed by atoms with Crippen molar-refractivity contribution in [1.82, 2.24) is 10.2 Å². The highest BCUT2D eigenvalue weighted by Crippen LogP contribution is 2.38. The van der Waals surface area contributed by atoms with Gasteiger partial charge in [-0.3, -0.25) is 9.69 Å². The predicted molar refractivity (Wildman–Crippen MR) is 103 cm³/mol. The first kappa shape index (κ1) is 21.8. The zero-order valence-corrected chi connectivity index (χ0v) is 16.0.